The summed E-state index contributed by atoms with van der Waals surface area (Å²) in [7, 11) is 1.30. The summed E-state index contributed by atoms with van der Waals surface area (Å²) in [4.78, 5) is 34.5. The lowest BCUT2D eigenvalue weighted by Crippen LogP contribution is -2.33. The Morgan fingerprint density at radius 1 is 1.32 bits per heavy atom. The molecule has 0 aromatic heterocycles. The van der Waals surface area contributed by atoms with Crippen molar-refractivity contribution in [1.82, 2.24) is 5.32 Å². The van der Waals surface area contributed by atoms with Crippen molar-refractivity contribution < 1.29 is 19.1 Å². The van der Waals surface area contributed by atoms with Crippen molar-refractivity contribution in [3.8, 4) is 0 Å². The van der Waals surface area contributed by atoms with Crippen molar-refractivity contribution >= 4 is 39.4 Å². The van der Waals surface area contributed by atoms with Crippen LogP contribution in [0.4, 0.5) is 5.69 Å². The van der Waals surface area contributed by atoms with E-state index in [0.717, 1.165) is 0 Å². The zero-order chi connectivity index (χ0) is 16.5. The Labute approximate surface area is 137 Å². The van der Waals surface area contributed by atoms with Crippen LogP contribution in [0.2, 0.25) is 0 Å². The Hall–Kier alpha value is -1.89. The highest BCUT2D eigenvalue weighted by Crippen LogP contribution is 2.11. The van der Waals surface area contributed by atoms with Gasteiger partial charge in [-0.3, -0.25) is 9.59 Å². The number of hydrogen-bond donors (Lipinski definition) is 2. The van der Waals surface area contributed by atoms with Crippen LogP contribution in [0.15, 0.2) is 24.3 Å². The lowest BCUT2D eigenvalue weighted by Gasteiger charge is -2.09. The molecule has 2 N–H and O–H groups in total. The lowest BCUT2D eigenvalue weighted by atomic mass is 10.2. The second-order valence-electron chi connectivity index (χ2n) is 4.54. The van der Waals surface area contributed by atoms with Crippen LogP contribution in [0.1, 0.15) is 30.1 Å². The third-order valence-corrected chi connectivity index (χ3v) is 3.92. The second-order valence-corrected chi connectivity index (χ2v) is 5.64. The molecule has 22 heavy (non-hydrogen) atoms. The van der Waals surface area contributed by atoms with Gasteiger partial charge in [0, 0.05) is 18.7 Å². The molecule has 1 unspecified atom stereocenters. The number of nitrogens with one attached hydrogen (secondary N) is 2. The fourth-order valence-corrected chi connectivity index (χ4v) is 1.82. The number of methoxy groups -OCH3 is 1. The maximum Gasteiger partial charge on any atom is 0.337 e. The van der Waals surface area contributed by atoms with E-state index in [1.54, 1.807) is 18.2 Å². The maximum absolute atomic E-state index is 11.8. The lowest BCUT2D eigenvalue weighted by molar-refractivity contribution is -0.120. The Morgan fingerprint density at radius 2 is 2.05 bits per heavy atom. The number of esters is 1. The van der Waals surface area contributed by atoms with Crippen molar-refractivity contribution in [3.63, 3.8) is 0 Å². The minimum atomic E-state index is -0.466. The van der Waals surface area contributed by atoms with E-state index in [2.05, 4.69) is 31.3 Å². The largest absolute Gasteiger partial charge is 0.465 e. The molecule has 2 amide bonds. The number of carbonyl (C=O) groups excluding carboxylic acids is 3. The van der Waals surface area contributed by atoms with E-state index in [1.165, 1.54) is 13.2 Å². The van der Waals surface area contributed by atoms with Gasteiger partial charge in [0.25, 0.3) is 0 Å². The quantitative estimate of drug-likeness (QED) is 0.568. The minimum absolute atomic E-state index is 0.136. The Kier molecular flexibility index (Phi) is 7.59. The first-order valence-electron chi connectivity index (χ1n) is 6.88. The van der Waals surface area contributed by atoms with E-state index >= 15 is 0 Å². The zero-order valence-corrected chi connectivity index (χ0v) is 14.1. The highest BCUT2D eigenvalue weighted by atomic mass is 79.9. The fourth-order valence-electron chi connectivity index (χ4n) is 1.66. The Morgan fingerprint density at radius 3 is 2.68 bits per heavy atom. The van der Waals surface area contributed by atoms with Gasteiger partial charge in [0.15, 0.2) is 0 Å². The average Bonchev–Trinajstić information content (AvgIpc) is 2.53. The van der Waals surface area contributed by atoms with Gasteiger partial charge < -0.3 is 15.4 Å². The summed E-state index contributed by atoms with van der Waals surface area (Å²) in [6.45, 7) is 2.14. The topological polar surface area (TPSA) is 84.5 Å². The van der Waals surface area contributed by atoms with Crippen LogP contribution in [0.3, 0.4) is 0 Å². The number of anilines is 1. The van der Waals surface area contributed by atoms with Gasteiger partial charge in [-0.2, -0.15) is 0 Å². The normalized spacial score (nSPS) is 11.4. The van der Waals surface area contributed by atoms with Crippen molar-refractivity contribution in [2.24, 2.45) is 0 Å². The molecule has 0 aliphatic heterocycles. The first-order valence-corrected chi connectivity index (χ1v) is 7.79. The molecule has 0 aliphatic carbocycles. The van der Waals surface area contributed by atoms with Crippen LogP contribution in [-0.2, 0) is 14.3 Å². The molecule has 0 spiro atoms. The van der Waals surface area contributed by atoms with Gasteiger partial charge in [0.2, 0.25) is 11.8 Å². The molecule has 0 radical (unpaired) electrons. The van der Waals surface area contributed by atoms with Crippen molar-refractivity contribution in [2.75, 3.05) is 19.0 Å². The van der Waals surface area contributed by atoms with Crippen LogP contribution in [0, 0.1) is 0 Å². The van der Waals surface area contributed by atoms with Gasteiger partial charge >= 0.3 is 5.97 Å². The second kappa shape index (κ2) is 9.19. The smallest absolute Gasteiger partial charge is 0.337 e. The molecule has 0 fully saturated rings. The minimum Gasteiger partial charge on any atom is -0.465 e. The number of ether oxygens (including phenoxy) is 1. The van der Waals surface area contributed by atoms with Crippen LogP contribution in [0.5, 0.6) is 0 Å². The first kappa shape index (κ1) is 18.2. The number of halogens is 1. The molecule has 1 atom stereocenters. The molecule has 0 bridgehead atoms. The summed E-state index contributed by atoms with van der Waals surface area (Å²) in [5.41, 5.74) is 0.866. The number of benzene rings is 1. The van der Waals surface area contributed by atoms with Crippen molar-refractivity contribution in [1.29, 1.82) is 0 Å². The summed E-state index contributed by atoms with van der Waals surface area (Å²) in [5, 5.41) is 5.34. The predicted molar refractivity (Wildman–Crippen MR) is 87.0 cm³/mol. The number of amides is 2. The van der Waals surface area contributed by atoms with Gasteiger partial charge in [-0.1, -0.05) is 28.9 Å². The molecule has 1 aromatic carbocycles. The van der Waals surface area contributed by atoms with E-state index in [9.17, 15) is 14.4 Å². The highest BCUT2D eigenvalue weighted by Gasteiger charge is 2.12. The van der Waals surface area contributed by atoms with E-state index in [-0.39, 0.29) is 29.6 Å². The van der Waals surface area contributed by atoms with Gasteiger partial charge in [-0.25, -0.2) is 4.79 Å². The molecule has 6 nitrogen and oxygen atoms in total. The summed E-state index contributed by atoms with van der Waals surface area (Å²) < 4.78 is 4.62. The molecule has 0 saturated carbocycles. The summed E-state index contributed by atoms with van der Waals surface area (Å²) in [5.74, 6) is -0.848. The molecule has 0 saturated heterocycles. The average molecular weight is 371 g/mol. The first-order chi connectivity index (χ1) is 10.5. The Bertz CT molecular complexity index is 548. The molecular formula is C15H19BrN2O4. The van der Waals surface area contributed by atoms with Gasteiger partial charge in [0.1, 0.15) is 0 Å². The molecular weight excluding hydrogens is 352 g/mol. The number of alkyl halides is 1. The van der Waals surface area contributed by atoms with Gasteiger partial charge in [-0.15, -0.1) is 0 Å². The van der Waals surface area contributed by atoms with Gasteiger partial charge in [0.05, 0.1) is 17.5 Å². The van der Waals surface area contributed by atoms with Crippen LogP contribution in [-0.4, -0.2) is 36.3 Å². The van der Waals surface area contributed by atoms with Gasteiger partial charge in [-0.05, 0) is 24.6 Å². The van der Waals surface area contributed by atoms with E-state index in [1.807, 2.05) is 6.92 Å². The molecule has 1 rings (SSSR count). The SMILES string of the molecule is CCC(Br)C(=O)NCCC(=O)Nc1cccc(C(=O)OC)c1. The third kappa shape index (κ3) is 5.85. The number of rotatable bonds is 7. The number of carbonyl (C=O) groups is 3. The summed E-state index contributed by atoms with van der Waals surface area (Å²) in [6, 6.07) is 6.46. The van der Waals surface area contributed by atoms with E-state index < -0.39 is 5.97 Å². The predicted octanol–water partition coefficient (Wildman–Crippen LogP) is 2.09. The van der Waals surface area contributed by atoms with Crippen LogP contribution >= 0.6 is 15.9 Å². The van der Waals surface area contributed by atoms with E-state index in [0.29, 0.717) is 17.7 Å². The summed E-state index contributed by atoms with van der Waals surface area (Å²) >= 11 is 3.24. The molecule has 0 heterocycles. The molecule has 1 aromatic rings. The van der Waals surface area contributed by atoms with Crippen LogP contribution in [0.25, 0.3) is 0 Å². The van der Waals surface area contributed by atoms with Crippen molar-refractivity contribution in [3.05, 3.63) is 29.8 Å². The van der Waals surface area contributed by atoms with Crippen LogP contribution < -0.4 is 10.6 Å². The monoisotopic (exact) mass is 370 g/mol. The standard InChI is InChI=1S/C15H19BrN2O4/c1-3-12(16)14(20)17-8-7-13(19)18-11-6-4-5-10(9-11)15(21)22-2/h4-6,9,12H,3,7-8H2,1-2H3,(H,17,20)(H,18,19). The third-order valence-electron chi connectivity index (χ3n) is 2.86. The Balaban J connectivity index is 2.45. The molecule has 120 valence electrons. The zero-order valence-electron chi connectivity index (χ0n) is 12.5. The molecule has 7 heteroatoms. The maximum atomic E-state index is 11.8. The summed E-state index contributed by atoms with van der Waals surface area (Å²) in [6.07, 6.45) is 0.829. The van der Waals surface area contributed by atoms with Crippen molar-refractivity contribution in [2.45, 2.75) is 24.6 Å². The fraction of sp³-hybridized carbons (Fsp3) is 0.400. The molecule has 0 aliphatic rings. The number of hydrogen-bond acceptors (Lipinski definition) is 4. The highest BCUT2D eigenvalue weighted by molar-refractivity contribution is 9.10. The van der Waals surface area contributed by atoms with E-state index in [4.69, 9.17) is 0 Å².